The third-order valence-electron chi connectivity index (χ3n) is 2.57. The van der Waals surface area contributed by atoms with Gasteiger partial charge in [0.05, 0.1) is 5.69 Å². The second-order valence-electron chi connectivity index (χ2n) is 3.83. The van der Waals surface area contributed by atoms with Crippen LogP contribution < -0.4 is 0 Å². The van der Waals surface area contributed by atoms with Gasteiger partial charge in [-0.3, -0.25) is 0 Å². The molecule has 2 aromatic rings. The molecule has 0 atom stereocenters. The van der Waals surface area contributed by atoms with Crippen LogP contribution in [0.4, 0.5) is 5.69 Å². The minimum absolute atomic E-state index is 0.163. The molecule has 0 aliphatic rings. The van der Waals surface area contributed by atoms with E-state index in [2.05, 4.69) is 28.8 Å². The highest BCUT2D eigenvalue weighted by molar-refractivity contribution is 6.65. The summed E-state index contributed by atoms with van der Waals surface area (Å²) in [6.07, 6.45) is 0.821. The van der Waals surface area contributed by atoms with Crippen molar-refractivity contribution in [3.05, 3.63) is 65.7 Å². The van der Waals surface area contributed by atoms with Gasteiger partial charge in [0, 0.05) is 0 Å². The average Bonchev–Trinajstić information content (AvgIpc) is 2.42. The van der Waals surface area contributed by atoms with Gasteiger partial charge in [0.15, 0.2) is 0 Å². The number of hydrogen-bond donors (Lipinski definition) is 0. The molecule has 2 aromatic carbocycles. The Labute approximate surface area is 112 Å². The summed E-state index contributed by atoms with van der Waals surface area (Å²) in [6.45, 7) is 3.36. The molecule has 90 valence electrons. The standard InChI is InChI=1S/C15H13ClN2/c1-17-15(16)18-14-10-6-5-9-13(14)11-12-7-3-2-4-8-12/h2-10H,1,11H2. The molecule has 0 unspecified atom stereocenters. The van der Waals surface area contributed by atoms with Crippen molar-refractivity contribution in [3.63, 3.8) is 0 Å². The fourth-order valence-electron chi connectivity index (χ4n) is 1.72. The number of benzene rings is 2. The zero-order chi connectivity index (χ0) is 12.8. The van der Waals surface area contributed by atoms with Gasteiger partial charge in [-0.1, -0.05) is 48.5 Å². The van der Waals surface area contributed by atoms with Crippen molar-refractivity contribution in [2.24, 2.45) is 9.98 Å². The van der Waals surface area contributed by atoms with Crippen molar-refractivity contribution >= 4 is 29.3 Å². The molecule has 2 nitrogen and oxygen atoms in total. The lowest BCUT2D eigenvalue weighted by Gasteiger charge is -2.05. The number of aliphatic imine (C=N–C) groups is 2. The molecule has 0 saturated heterocycles. The van der Waals surface area contributed by atoms with Crippen LogP contribution in [-0.2, 0) is 6.42 Å². The molecule has 0 amide bonds. The molecule has 3 heteroatoms. The van der Waals surface area contributed by atoms with Crippen LogP contribution in [0.25, 0.3) is 0 Å². The second kappa shape index (κ2) is 6.12. The van der Waals surface area contributed by atoms with E-state index in [9.17, 15) is 0 Å². The lowest BCUT2D eigenvalue weighted by atomic mass is 10.0. The van der Waals surface area contributed by atoms with Gasteiger partial charge in [-0.2, -0.15) is 0 Å². The second-order valence-corrected chi connectivity index (χ2v) is 4.17. The maximum absolute atomic E-state index is 5.80. The van der Waals surface area contributed by atoms with E-state index in [1.165, 1.54) is 5.56 Å². The molecule has 2 rings (SSSR count). The maximum atomic E-state index is 5.80. The molecule has 18 heavy (non-hydrogen) atoms. The Morgan fingerprint density at radius 1 is 1.00 bits per heavy atom. The molecule has 0 spiro atoms. The minimum Gasteiger partial charge on any atom is -0.234 e. The van der Waals surface area contributed by atoms with E-state index in [-0.39, 0.29) is 5.29 Å². The van der Waals surface area contributed by atoms with Crippen molar-refractivity contribution in [1.29, 1.82) is 0 Å². The molecule has 0 heterocycles. The number of rotatable bonds is 3. The summed E-state index contributed by atoms with van der Waals surface area (Å²) < 4.78 is 0. The Kier molecular flexibility index (Phi) is 4.26. The minimum atomic E-state index is 0.163. The lowest BCUT2D eigenvalue weighted by molar-refractivity contribution is 1.18. The third kappa shape index (κ3) is 3.28. The smallest absolute Gasteiger partial charge is 0.222 e. The van der Waals surface area contributed by atoms with Crippen LogP contribution in [0.1, 0.15) is 11.1 Å². The average molecular weight is 257 g/mol. The molecular formula is C15H13ClN2. The van der Waals surface area contributed by atoms with Crippen molar-refractivity contribution in [2.45, 2.75) is 6.42 Å². The molecule has 0 N–H and O–H groups in total. The molecule has 0 aliphatic heterocycles. The summed E-state index contributed by atoms with van der Waals surface area (Å²) in [4.78, 5) is 7.82. The first-order valence-electron chi connectivity index (χ1n) is 5.62. The highest BCUT2D eigenvalue weighted by Gasteiger charge is 2.02. The molecule has 0 radical (unpaired) electrons. The quantitative estimate of drug-likeness (QED) is 0.447. The number of para-hydroxylation sites is 1. The van der Waals surface area contributed by atoms with Gasteiger partial charge < -0.3 is 0 Å². The predicted molar refractivity (Wildman–Crippen MR) is 78.2 cm³/mol. The molecule has 0 saturated carbocycles. The van der Waals surface area contributed by atoms with Crippen molar-refractivity contribution < 1.29 is 0 Å². The predicted octanol–water partition coefficient (Wildman–Crippen LogP) is 4.20. The first-order valence-corrected chi connectivity index (χ1v) is 6.00. The zero-order valence-electron chi connectivity index (χ0n) is 9.88. The van der Waals surface area contributed by atoms with Crippen LogP contribution in [0.3, 0.4) is 0 Å². The van der Waals surface area contributed by atoms with Gasteiger partial charge in [-0.15, -0.1) is 0 Å². The van der Waals surface area contributed by atoms with Crippen LogP contribution >= 0.6 is 11.6 Å². The van der Waals surface area contributed by atoms with Crippen molar-refractivity contribution in [2.75, 3.05) is 0 Å². The van der Waals surface area contributed by atoms with E-state index < -0.39 is 0 Å². The molecule has 0 aromatic heterocycles. The summed E-state index contributed by atoms with van der Waals surface area (Å²) >= 11 is 5.80. The Morgan fingerprint density at radius 3 is 2.39 bits per heavy atom. The number of nitrogens with zero attached hydrogens (tertiary/aromatic N) is 2. The first kappa shape index (κ1) is 12.5. The summed E-state index contributed by atoms with van der Waals surface area (Å²) in [7, 11) is 0. The first-order chi connectivity index (χ1) is 8.79. The maximum Gasteiger partial charge on any atom is 0.222 e. The van der Waals surface area contributed by atoms with Gasteiger partial charge in [0.2, 0.25) is 5.29 Å². The van der Waals surface area contributed by atoms with E-state index in [4.69, 9.17) is 11.6 Å². The largest absolute Gasteiger partial charge is 0.234 e. The molecular weight excluding hydrogens is 244 g/mol. The van der Waals surface area contributed by atoms with Crippen molar-refractivity contribution in [1.82, 2.24) is 0 Å². The number of halogens is 1. The number of amidine groups is 1. The van der Waals surface area contributed by atoms with Gasteiger partial charge in [0.1, 0.15) is 0 Å². The van der Waals surface area contributed by atoms with E-state index in [1.54, 1.807) is 0 Å². The topological polar surface area (TPSA) is 24.7 Å². The summed E-state index contributed by atoms with van der Waals surface area (Å²) in [5.74, 6) is 0. The Morgan fingerprint density at radius 2 is 1.67 bits per heavy atom. The third-order valence-corrected chi connectivity index (χ3v) is 2.78. The Hall–Kier alpha value is -1.93. The van der Waals surface area contributed by atoms with Crippen molar-refractivity contribution in [3.8, 4) is 0 Å². The van der Waals surface area contributed by atoms with Gasteiger partial charge >= 0.3 is 0 Å². The molecule has 0 fully saturated rings. The summed E-state index contributed by atoms with van der Waals surface area (Å²) in [5.41, 5.74) is 3.19. The van der Waals surface area contributed by atoms with E-state index in [0.717, 1.165) is 17.7 Å². The van der Waals surface area contributed by atoms with Crippen LogP contribution in [0.2, 0.25) is 0 Å². The zero-order valence-corrected chi connectivity index (χ0v) is 10.6. The van der Waals surface area contributed by atoms with Gasteiger partial charge in [-0.25, -0.2) is 9.98 Å². The highest BCUT2D eigenvalue weighted by atomic mass is 35.5. The normalized spacial score (nSPS) is 11.3. The van der Waals surface area contributed by atoms with Crippen LogP contribution in [0, 0.1) is 0 Å². The monoisotopic (exact) mass is 256 g/mol. The fraction of sp³-hybridized carbons (Fsp3) is 0.0667. The lowest BCUT2D eigenvalue weighted by Crippen LogP contribution is -1.89. The summed E-state index contributed by atoms with van der Waals surface area (Å²) in [6, 6.07) is 18.1. The molecule has 0 bridgehead atoms. The number of hydrogen-bond acceptors (Lipinski definition) is 1. The SMILES string of the molecule is C=NC(Cl)=Nc1ccccc1Cc1ccccc1. The van der Waals surface area contributed by atoms with Gasteiger partial charge in [-0.05, 0) is 41.9 Å². The Bertz CT molecular complexity index is 562. The van der Waals surface area contributed by atoms with E-state index >= 15 is 0 Å². The molecule has 0 aliphatic carbocycles. The van der Waals surface area contributed by atoms with Crippen LogP contribution in [0.15, 0.2) is 64.6 Å². The highest BCUT2D eigenvalue weighted by Crippen LogP contribution is 2.22. The van der Waals surface area contributed by atoms with E-state index in [0.29, 0.717) is 0 Å². The van der Waals surface area contributed by atoms with Crippen LogP contribution in [-0.4, -0.2) is 12.0 Å². The Balaban J connectivity index is 2.31. The van der Waals surface area contributed by atoms with E-state index in [1.807, 2.05) is 42.5 Å². The fourth-order valence-corrected chi connectivity index (χ4v) is 1.81. The van der Waals surface area contributed by atoms with Gasteiger partial charge in [0.25, 0.3) is 0 Å². The van der Waals surface area contributed by atoms with Crippen LogP contribution in [0.5, 0.6) is 0 Å². The summed E-state index contributed by atoms with van der Waals surface area (Å²) in [5, 5.41) is 0.163.